The van der Waals surface area contributed by atoms with Crippen molar-refractivity contribution in [2.24, 2.45) is 0 Å². The summed E-state index contributed by atoms with van der Waals surface area (Å²) in [4.78, 5) is 0. The van der Waals surface area contributed by atoms with E-state index in [1.165, 1.54) is 16.3 Å². The molecule has 0 bridgehead atoms. The lowest BCUT2D eigenvalue weighted by Gasteiger charge is -2.20. The minimum Gasteiger partial charge on any atom is -0.376 e. The van der Waals surface area contributed by atoms with Crippen molar-refractivity contribution in [2.45, 2.75) is 31.9 Å². The summed E-state index contributed by atoms with van der Waals surface area (Å²) < 4.78 is 5.60. The molecule has 0 aliphatic carbocycles. The topological polar surface area (TPSA) is 33.3 Å². The maximum absolute atomic E-state index is 5.60. The highest BCUT2D eigenvalue weighted by atomic mass is 32.1. The van der Waals surface area contributed by atoms with Crippen molar-refractivity contribution in [3.63, 3.8) is 0 Å². The normalized spacial score (nSPS) is 19.0. The molecule has 0 aromatic heterocycles. The molecule has 2 N–H and O–H groups in total. The SMILES string of the molecule is C[C@@H](NC(=S)NC[C@H]1CCCO1)c1cccc2ccccc12. The number of nitrogens with one attached hydrogen (secondary N) is 2. The largest absolute Gasteiger partial charge is 0.376 e. The fourth-order valence-electron chi connectivity index (χ4n) is 2.97. The number of hydrogen-bond donors (Lipinski definition) is 2. The van der Waals surface area contributed by atoms with Gasteiger partial charge in [-0.3, -0.25) is 0 Å². The predicted octanol–water partition coefficient (Wildman–Crippen LogP) is 3.54. The summed E-state index contributed by atoms with van der Waals surface area (Å²) in [5, 5.41) is 9.86. The van der Waals surface area contributed by atoms with Gasteiger partial charge in [-0.05, 0) is 48.3 Å². The molecule has 1 aliphatic rings. The van der Waals surface area contributed by atoms with Crippen LogP contribution in [0.5, 0.6) is 0 Å². The molecule has 0 amide bonds. The Morgan fingerprint density at radius 2 is 2.09 bits per heavy atom. The maximum Gasteiger partial charge on any atom is 0.166 e. The van der Waals surface area contributed by atoms with Crippen molar-refractivity contribution < 1.29 is 4.74 Å². The molecule has 1 heterocycles. The molecule has 2 atom stereocenters. The van der Waals surface area contributed by atoms with Crippen molar-refractivity contribution >= 4 is 28.1 Å². The van der Waals surface area contributed by atoms with E-state index in [4.69, 9.17) is 17.0 Å². The Kier molecular flexibility index (Phi) is 4.90. The Labute approximate surface area is 137 Å². The minimum atomic E-state index is 0.163. The third kappa shape index (κ3) is 3.57. The molecule has 0 radical (unpaired) electrons. The van der Waals surface area contributed by atoms with Crippen molar-refractivity contribution in [1.29, 1.82) is 0 Å². The second kappa shape index (κ2) is 7.07. The van der Waals surface area contributed by atoms with Crippen LogP contribution in [0.4, 0.5) is 0 Å². The Morgan fingerprint density at radius 3 is 2.91 bits per heavy atom. The molecular weight excluding hydrogens is 292 g/mol. The van der Waals surface area contributed by atoms with E-state index in [1.807, 2.05) is 0 Å². The summed E-state index contributed by atoms with van der Waals surface area (Å²) in [7, 11) is 0. The average Bonchev–Trinajstić information content (AvgIpc) is 3.06. The summed E-state index contributed by atoms with van der Waals surface area (Å²) in [6.45, 7) is 3.80. The highest BCUT2D eigenvalue weighted by molar-refractivity contribution is 7.80. The summed E-state index contributed by atoms with van der Waals surface area (Å²) in [6.07, 6.45) is 2.57. The van der Waals surface area contributed by atoms with E-state index < -0.39 is 0 Å². The van der Waals surface area contributed by atoms with Gasteiger partial charge in [-0.1, -0.05) is 42.5 Å². The van der Waals surface area contributed by atoms with E-state index in [-0.39, 0.29) is 6.04 Å². The van der Waals surface area contributed by atoms with Crippen LogP contribution in [0.15, 0.2) is 42.5 Å². The van der Waals surface area contributed by atoms with Gasteiger partial charge in [-0.25, -0.2) is 0 Å². The van der Waals surface area contributed by atoms with Gasteiger partial charge in [-0.2, -0.15) is 0 Å². The highest BCUT2D eigenvalue weighted by Gasteiger charge is 2.16. The Bertz CT molecular complexity index is 647. The van der Waals surface area contributed by atoms with E-state index in [0.717, 1.165) is 26.0 Å². The standard InChI is InChI=1S/C18H22N2OS/c1-13(20-18(22)19-12-15-8-5-11-21-15)16-10-4-7-14-6-2-3-9-17(14)16/h2-4,6-7,9-10,13,15H,5,8,11-12H2,1H3,(H2,19,20,22)/t13-,15-/m1/s1. The summed E-state index contributed by atoms with van der Waals surface area (Å²) in [5.41, 5.74) is 1.26. The van der Waals surface area contributed by atoms with Crippen molar-refractivity contribution in [2.75, 3.05) is 13.2 Å². The predicted molar refractivity (Wildman–Crippen MR) is 95.1 cm³/mol. The van der Waals surface area contributed by atoms with E-state index in [2.05, 4.69) is 60.0 Å². The van der Waals surface area contributed by atoms with E-state index in [9.17, 15) is 0 Å². The lowest BCUT2D eigenvalue weighted by molar-refractivity contribution is 0.114. The van der Waals surface area contributed by atoms with Gasteiger partial charge in [0, 0.05) is 13.2 Å². The summed E-state index contributed by atoms with van der Waals surface area (Å²) >= 11 is 5.41. The molecule has 2 aromatic rings. The molecule has 3 rings (SSSR count). The van der Waals surface area contributed by atoms with Gasteiger partial charge in [0.2, 0.25) is 0 Å². The molecule has 22 heavy (non-hydrogen) atoms. The van der Waals surface area contributed by atoms with Gasteiger partial charge in [0.05, 0.1) is 12.1 Å². The van der Waals surface area contributed by atoms with Gasteiger partial charge in [0.1, 0.15) is 0 Å². The number of rotatable bonds is 4. The van der Waals surface area contributed by atoms with Crippen LogP contribution in [0.2, 0.25) is 0 Å². The molecule has 3 nitrogen and oxygen atoms in total. The van der Waals surface area contributed by atoms with Crippen molar-refractivity contribution in [1.82, 2.24) is 10.6 Å². The number of thiocarbonyl (C=S) groups is 1. The van der Waals surface area contributed by atoms with Gasteiger partial charge in [0.15, 0.2) is 5.11 Å². The van der Waals surface area contributed by atoms with Crippen LogP contribution in [0, 0.1) is 0 Å². The van der Waals surface area contributed by atoms with Crippen LogP contribution in [0.3, 0.4) is 0 Å². The zero-order chi connectivity index (χ0) is 15.4. The zero-order valence-electron chi connectivity index (χ0n) is 12.8. The smallest absolute Gasteiger partial charge is 0.166 e. The summed E-state index contributed by atoms with van der Waals surface area (Å²) in [6, 6.07) is 15.0. The first-order valence-electron chi connectivity index (χ1n) is 7.87. The molecule has 2 aromatic carbocycles. The van der Waals surface area contributed by atoms with Gasteiger partial charge < -0.3 is 15.4 Å². The van der Waals surface area contributed by atoms with Gasteiger partial charge in [0.25, 0.3) is 0 Å². The molecule has 0 unspecified atom stereocenters. The Morgan fingerprint density at radius 1 is 1.27 bits per heavy atom. The first-order chi connectivity index (χ1) is 10.7. The van der Waals surface area contributed by atoms with Gasteiger partial charge >= 0.3 is 0 Å². The number of benzene rings is 2. The first-order valence-corrected chi connectivity index (χ1v) is 8.28. The minimum absolute atomic E-state index is 0.163. The van der Waals surface area contributed by atoms with Gasteiger partial charge in [-0.15, -0.1) is 0 Å². The fourth-order valence-corrected chi connectivity index (χ4v) is 3.23. The molecule has 1 fully saturated rings. The number of ether oxygens (including phenoxy) is 1. The molecular formula is C18H22N2OS. The fraction of sp³-hybridized carbons (Fsp3) is 0.389. The van der Waals surface area contributed by atoms with Crippen LogP contribution in [0.1, 0.15) is 31.4 Å². The zero-order valence-corrected chi connectivity index (χ0v) is 13.7. The van der Waals surface area contributed by atoms with E-state index >= 15 is 0 Å². The first kappa shape index (κ1) is 15.3. The van der Waals surface area contributed by atoms with E-state index in [0.29, 0.717) is 11.2 Å². The van der Waals surface area contributed by atoms with Crippen LogP contribution < -0.4 is 10.6 Å². The molecule has 1 saturated heterocycles. The van der Waals surface area contributed by atoms with Crippen molar-refractivity contribution in [3.8, 4) is 0 Å². The Hall–Kier alpha value is -1.65. The molecule has 116 valence electrons. The molecule has 0 saturated carbocycles. The van der Waals surface area contributed by atoms with Crippen LogP contribution in [-0.2, 0) is 4.74 Å². The lowest BCUT2D eigenvalue weighted by Crippen LogP contribution is -2.40. The van der Waals surface area contributed by atoms with E-state index in [1.54, 1.807) is 0 Å². The number of fused-ring (bicyclic) bond motifs is 1. The monoisotopic (exact) mass is 314 g/mol. The number of hydrogen-bond acceptors (Lipinski definition) is 2. The van der Waals surface area contributed by atoms with Crippen LogP contribution in [0.25, 0.3) is 10.8 Å². The third-order valence-corrected chi connectivity index (χ3v) is 4.41. The molecule has 4 heteroatoms. The average molecular weight is 314 g/mol. The summed E-state index contributed by atoms with van der Waals surface area (Å²) in [5.74, 6) is 0. The highest BCUT2D eigenvalue weighted by Crippen LogP contribution is 2.23. The lowest BCUT2D eigenvalue weighted by atomic mass is 10.00. The quantitative estimate of drug-likeness (QED) is 0.846. The Balaban J connectivity index is 1.62. The maximum atomic E-state index is 5.60. The second-order valence-electron chi connectivity index (χ2n) is 5.78. The second-order valence-corrected chi connectivity index (χ2v) is 6.19. The van der Waals surface area contributed by atoms with Crippen LogP contribution >= 0.6 is 12.2 Å². The molecule has 0 spiro atoms. The van der Waals surface area contributed by atoms with Crippen molar-refractivity contribution in [3.05, 3.63) is 48.0 Å². The third-order valence-electron chi connectivity index (χ3n) is 4.15. The van der Waals surface area contributed by atoms with Crippen LogP contribution in [-0.4, -0.2) is 24.4 Å². The molecule has 1 aliphatic heterocycles.